The van der Waals surface area contributed by atoms with Crippen LogP contribution < -0.4 is 45.2 Å². The van der Waals surface area contributed by atoms with Crippen LogP contribution in [0.5, 0.6) is 0 Å². The van der Waals surface area contributed by atoms with E-state index in [4.69, 9.17) is 45.2 Å². The number of rotatable bonds is 0. The summed E-state index contributed by atoms with van der Waals surface area (Å²) in [7, 11) is -8.75. The molecule has 0 unspecified atom stereocenters. The smallest absolute Gasteiger partial charge is 0.907 e. The van der Waals surface area contributed by atoms with Crippen molar-refractivity contribution in [2.24, 2.45) is 0 Å². The van der Waals surface area contributed by atoms with Crippen LogP contribution >= 0.6 is 0 Å². The third-order valence-electron chi connectivity index (χ3n) is 0. The molecular formula is B3Ba3BiO9. The van der Waals surface area contributed by atoms with Gasteiger partial charge < -0.3 is 45.2 Å². The van der Waals surface area contributed by atoms with Crippen molar-refractivity contribution in [3.63, 3.8) is 0 Å². The Kier molecular flexibility index (Phi) is 99.5. The van der Waals surface area contributed by atoms with Crippen LogP contribution in [0.15, 0.2) is 0 Å². The molecule has 0 aromatic heterocycles. The van der Waals surface area contributed by atoms with Crippen LogP contribution in [0.2, 0.25) is 0 Å². The van der Waals surface area contributed by atoms with Gasteiger partial charge in [-0.05, 0) is 0 Å². The maximum absolute atomic E-state index is 8.42. The van der Waals surface area contributed by atoms with Crippen LogP contribution in [0.25, 0.3) is 0 Å². The van der Waals surface area contributed by atoms with Gasteiger partial charge in [-0.2, -0.15) is 0 Å². The van der Waals surface area contributed by atoms with Gasteiger partial charge in [-0.3, -0.25) is 22.0 Å². The molecule has 0 fully saturated rings. The molecule has 0 spiro atoms. The van der Waals surface area contributed by atoms with E-state index in [1.807, 2.05) is 0 Å². The zero-order chi connectivity index (χ0) is 10.7. The normalized spacial score (nSPS) is 5.06. The number of hydrogen-bond donors (Lipinski definition) is 0. The van der Waals surface area contributed by atoms with Crippen LogP contribution in [-0.4, -0.2) is 195 Å². The summed E-state index contributed by atoms with van der Waals surface area (Å²) in [6.45, 7) is 0. The maximum Gasteiger partial charge on any atom is 3.00 e. The van der Waals surface area contributed by atoms with Gasteiger partial charge in [0, 0.05) is 0 Å². The third-order valence-corrected chi connectivity index (χ3v) is 0. The first-order chi connectivity index (χ1) is 5.20. The van der Waals surface area contributed by atoms with E-state index in [0.717, 1.165) is 0 Å². The first-order valence-corrected chi connectivity index (χ1v) is 2.12. The standard InChI is InChI=1S/3BO3.3Ba.Bi/c3*2-1(3)4;;;;/q3*-3;3*+2;+3. The summed E-state index contributed by atoms with van der Waals surface area (Å²) in [6.07, 6.45) is 0. The Morgan fingerprint density at radius 1 is 0.375 bits per heavy atom. The molecule has 0 amide bonds. The summed E-state index contributed by atoms with van der Waals surface area (Å²) in [5, 5.41) is 75.8. The largest absolute Gasteiger partial charge is 3.00 e. The van der Waals surface area contributed by atoms with Crippen molar-refractivity contribution in [1.29, 1.82) is 0 Å². The Hall–Kier alpha value is 5.43. The van der Waals surface area contributed by atoms with E-state index in [1.165, 1.54) is 0 Å². The minimum Gasteiger partial charge on any atom is -0.907 e. The summed E-state index contributed by atoms with van der Waals surface area (Å²) >= 11 is 0. The van der Waals surface area contributed by atoms with Crippen molar-refractivity contribution in [2.75, 3.05) is 0 Å². The van der Waals surface area contributed by atoms with Crippen molar-refractivity contribution < 1.29 is 45.2 Å². The van der Waals surface area contributed by atoms with E-state index in [-0.39, 0.29) is 173 Å². The van der Waals surface area contributed by atoms with Crippen molar-refractivity contribution in [3.8, 4) is 0 Å². The molecule has 0 aromatic carbocycles. The fraction of sp³-hybridized carbons (Fsp3) is 0. The molecular weight excluding hydrogens is 797 g/mol. The van der Waals surface area contributed by atoms with Crippen molar-refractivity contribution >= 4 is 195 Å². The van der Waals surface area contributed by atoms with Gasteiger partial charge in [0.25, 0.3) is 0 Å². The molecule has 9 nitrogen and oxygen atoms in total. The van der Waals surface area contributed by atoms with Gasteiger partial charge in [0.1, 0.15) is 0 Å². The van der Waals surface area contributed by atoms with Gasteiger partial charge in [0.15, 0.2) is 0 Å². The zero-order valence-electron chi connectivity index (χ0n) is 7.97. The van der Waals surface area contributed by atoms with Gasteiger partial charge >= 0.3 is 173 Å². The fourth-order valence-corrected chi connectivity index (χ4v) is 0. The minimum atomic E-state index is -2.92. The molecule has 16 heavy (non-hydrogen) atoms. The molecule has 0 aliphatic rings. The second-order valence-corrected chi connectivity index (χ2v) is 0.866. The first-order valence-electron chi connectivity index (χ1n) is 2.12. The molecule has 0 saturated carbocycles. The molecule has 0 atom stereocenters. The molecule has 0 saturated heterocycles. The van der Waals surface area contributed by atoms with E-state index < -0.39 is 22.0 Å². The van der Waals surface area contributed by atoms with E-state index >= 15 is 0 Å². The second-order valence-electron chi connectivity index (χ2n) is 0.866. The topological polar surface area (TPSA) is 208 Å². The maximum atomic E-state index is 8.42. The molecule has 0 aliphatic carbocycles. The Bertz CT molecular complexity index is 54.5. The van der Waals surface area contributed by atoms with Crippen LogP contribution in [0.3, 0.4) is 0 Å². The zero-order valence-corrected chi connectivity index (χ0v) is 24.8. The molecule has 0 bridgehead atoms. The fourth-order valence-electron chi connectivity index (χ4n) is 0. The van der Waals surface area contributed by atoms with Crippen LogP contribution in [0.4, 0.5) is 0 Å². The van der Waals surface area contributed by atoms with E-state index in [0.29, 0.717) is 0 Å². The summed E-state index contributed by atoms with van der Waals surface area (Å²) in [4.78, 5) is 0. The van der Waals surface area contributed by atoms with E-state index in [2.05, 4.69) is 0 Å². The second kappa shape index (κ2) is 37.0. The average molecular weight is 797 g/mol. The molecule has 2 radical (unpaired) electrons. The quantitative estimate of drug-likeness (QED) is 0.213. The first kappa shape index (κ1) is 43.0. The summed E-state index contributed by atoms with van der Waals surface area (Å²) in [5.74, 6) is 0. The van der Waals surface area contributed by atoms with Gasteiger partial charge in [-0.15, -0.1) is 0 Å². The van der Waals surface area contributed by atoms with Crippen molar-refractivity contribution in [3.05, 3.63) is 0 Å². The van der Waals surface area contributed by atoms with E-state index in [1.54, 1.807) is 0 Å². The molecule has 74 valence electrons. The Morgan fingerprint density at radius 2 is 0.375 bits per heavy atom. The van der Waals surface area contributed by atoms with Crippen molar-refractivity contribution in [2.45, 2.75) is 0 Å². The molecule has 0 heterocycles. The molecule has 0 N–H and O–H groups in total. The predicted molar refractivity (Wildman–Crippen MR) is 40.3 cm³/mol. The van der Waals surface area contributed by atoms with Crippen LogP contribution in [-0.2, 0) is 0 Å². The minimum absolute atomic E-state index is 0. The van der Waals surface area contributed by atoms with Gasteiger partial charge in [-0.25, -0.2) is 0 Å². The number of hydrogen-bond acceptors (Lipinski definition) is 9. The molecule has 0 rings (SSSR count). The predicted octanol–water partition coefficient (Wildman–Crippen LogP) is -13.4. The third kappa shape index (κ3) is 224. The van der Waals surface area contributed by atoms with Crippen LogP contribution in [0, 0.1) is 0 Å². The Morgan fingerprint density at radius 3 is 0.375 bits per heavy atom. The SMILES string of the molecule is [Ba+2].[Ba+2].[Ba+2].[Bi+3].[O-]B([O-])[O-].[O-]B([O-])[O-].[O-]B([O-])[O-]. The summed E-state index contributed by atoms with van der Waals surface area (Å²) in [5.41, 5.74) is 0. The summed E-state index contributed by atoms with van der Waals surface area (Å²) in [6, 6.07) is 0. The Balaban J connectivity index is -0.0000000135. The molecule has 0 aromatic rings. The van der Waals surface area contributed by atoms with Crippen LogP contribution in [0.1, 0.15) is 0 Å². The Labute approximate surface area is 233 Å². The average Bonchev–Trinajstić information content (AvgIpc) is 1.54. The van der Waals surface area contributed by atoms with E-state index in [9.17, 15) is 0 Å². The monoisotopic (exact) mass is 800 g/mol. The molecule has 16 heteroatoms. The summed E-state index contributed by atoms with van der Waals surface area (Å²) < 4.78 is 0. The van der Waals surface area contributed by atoms with Gasteiger partial charge in [-0.1, -0.05) is 0 Å². The van der Waals surface area contributed by atoms with Gasteiger partial charge in [0.2, 0.25) is 0 Å². The van der Waals surface area contributed by atoms with Gasteiger partial charge in [0.05, 0.1) is 0 Å². The molecule has 0 aliphatic heterocycles. The van der Waals surface area contributed by atoms with Crippen molar-refractivity contribution in [1.82, 2.24) is 0 Å².